The van der Waals surface area contributed by atoms with Crippen LogP contribution in [0.2, 0.25) is 0 Å². The predicted octanol–water partition coefficient (Wildman–Crippen LogP) is 2.52. The highest BCUT2D eigenvalue weighted by atomic mass is 32.2. The van der Waals surface area contributed by atoms with Crippen LogP contribution in [-0.4, -0.2) is 34.6 Å². The summed E-state index contributed by atoms with van der Waals surface area (Å²) in [7, 11) is 0. The summed E-state index contributed by atoms with van der Waals surface area (Å²) in [6.45, 7) is 2.16. The lowest BCUT2D eigenvalue weighted by molar-refractivity contribution is -0.132. The van der Waals surface area contributed by atoms with Crippen molar-refractivity contribution in [2.45, 2.75) is 47.4 Å². The number of amides is 2. The molecule has 0 fully saturated rings. The molecule has 0 aromatic heterocycles. The lowest BCUT2D eigenvalue weighted by Gasteiger charge is -2.35. The number of hydrogen-bond donors (Lipinski definition) is 4. The van der Waals surface area contributed by atoms with Gasteiger partial charge in [0, 0.05) is 4.90 Å². The number of carbonyl (C=O) groups excluding carboxylic acids is 2. The van der Waals surface area contributed by atoms with Gasteiger partial charge in [-0.05, 0) is 50.4 Å². The highest BCUT2D eigenvalue weighted by molar-refractivity contribution is 8.11. The molecule has 0 saturated heterocycles. The molecule has 3 atom stereocenters. The average molecular weight is 445 g/mol. The number of rotatable bonds is 8. The fourth-order valence-corrected chi connectivity index (χ4v) is 5.08. The molecule has 8 heteroatoms. The Morgan fingerprint density at radius 3 is 2.57 bits per heavy atom. The van der Waals surface area contributed by atoms with Gasteiger partial charge in [-0.3, -0.25) is 14.5 Å². The minimum atomic E-state index is -1.14. The summed E-state index contributed by atoms with van der Waals surface area (Å²) < 4.78 is -0.359. The molecule has 6 nitrogen and oxygen atoms in total. The van der Waals surface area contributed by atoms with Crippen LogP contribution in [0, 0.1) is 0 Å². The lowest BCUT2D eigenvalue weighted by Crippen LogP contribution is -2.61. The van der Waals surface area contributed by atoms with Gasteiger partial charge < -0.3 is 16.8 Å². The van der Waals surface area contributed by atoms with Gasteiger partial charge in [-0.15, -0.1) is 12.6 Å². The molecule has 1 heterocycles. The Labute approximate surface area is 187 Å². The second-order valence-electron chi connectivity index (χ2n) is 7.60. The van der Waals surface area contributed by atoms with E-state index in [-0.39, 0.29) is 16.5 Å². The molecule has 1 unspecified atom stereocenters. The number of anilines is 1. The van der Waals surface area contributed by atoms with E-state index in [0.717, 1.165) is 16.1 Å². The maximum atomic E-state index is 13.6. The highest BCUT2D eigenvalue weighted by Crippen LogP contribution is 2.45. The van der Waals surface area contributed by atoms with Crippen molar-refractivity contribution in [3.63, 3.8) is 0 Å². The van der Waals surface area contributed by atoms with Crippen LogP contribution in [0.15, 0.2) is 59.5 Å². The quantitative estimate of drug-likeness (QED) is 0.469. The fraction of sp³-hybridized carbons (Fsp3) is 0.364. The number of benzene rings is 2. The standard InChI is InChI=1S/C22H28N4O2S2/c1-22(12-7-13-23,25-19(27)16(24)14-15-8-3-2-4-9-15)20(28)26-17-10-5-6-11-18(17)30-21(26)29/h2-6,8-11,16,21,29H,7,12-14,23-24H2,1H3,(H,25,27)/t16-,21?,22-/m0/s1. The van der Waals surface area contributed by atoms with E-state index in [9.17, 15) is 9.59 Å². The molecule has 0 spiro atoms. The first kappa shape index (κ1) is 22.7. The maximum Gasteiger partial charge on any atom is 0.254 e. The van der Waals surface area contributed by atoms with Crippen LogP contribution in [0.1, 0.15) is 25.3 Å². The summed E-state index contributed by atoms with van der Waals surface area (Å²) >= 11 is 6.10. The average Bonchev–Trinajstić information content (AvgIpc) is 3.07. The Balaban J connectivity index is 1.79. The number of hydrogen-bond acceptors (Lipinski definition) is 6. The predicted molar refractivity (Wildman–Crippen MR) is 126 cm³/mol. The molecule has 5 N–H and O–H groups in total. The first-order valence-electron chi connectivity index (χ1n) is 9.95. The zero-order chi connectivity index (χ0) is 21.7. The van der Waals surface area contributed by atoms with E-state index in [0.29, 0.717) is 25.8 Å². The van der Waals surface area contributed by atoms with Gasteiger partial charge >= 0.3 is 0 Å². The van der Waals surface area contributed by atoms with E-state index in [4.69, 9.17) is 11.5 Å². The van der Waals surface area contributed by atoms with Crippen molar-refractivity contribution in [1.29, 1.82) is 0 Å². The van der Waals surface area contributed by atoms with Gasteiger partial charge in [0.2, 0.25) is 5.91 Å². The monoisotopic (exact) mass is 444 g/mol. The summed E-state index contributed by atoms with van der Waals surface area (Å²) in [6.07, 6.45) is 1.40. The van der Waals surface area contributed by atoms with Crippen LogP contribution in [0.4, 0.5) is 5.69 Å². The summed E-state index contributed by atoms with van der Waals surface area (Å²) in [4.78, 5) is 29.2. The van der Waals surface area contributed by atoms with Crippen molar-refractivity contribution in [1.82, 2.24) is 5.32 Å². The Morgan fingerprint density at radius 1 is 1.20 bits per heavy atom. The molecule has 2 amide bonds. The third kappa shape index (κ3) is 5.00. The summed E-state index contributed by atoms with van der Waals surface area (Å²) in [5.41, 5.74) is 12.5. The van der Waals surface area contributed by atoms with Crippen molar-refractivity contribution < 1.29 is 9.59 Å². The molecular weight excluding hydrogens is 416 g/mol. The number of fused-ring (bicyclic) bond motifs is 1. The third-order valence-electron chi connectivity index (χ3n) is 5.18. The first-order chi connectivity index (χ1) is 14.4. The molecule has 3 rings (SSSR count). The van der Waals surface area contributed by atoms with Crippen LogP contribution < -0.4 is 21.7 Å². The van der Waals surface area contributed by atoms with E-state index in [1.807, 2.05) is 54.6 Å². The van der Waals surface area contributed by atoms with Crippen molar-refractivity contribution >= 4 is 41.9 Å². The van der Waals surface area contributed by atoms with Crippen LogP contribution in [0.5, 0.6) is 0 Å². The van der Waals surface area contributed by atoms with Crippen LogP contribution >= 0.6 is 24.4 Å². The molecule has 0 saturated carbocycles. The number of thiol groups is 1. The molecule has 0 radical (unpaired) electrons. The van der Waals surface area contributed by atoms with E-state index in [1.165, 1.54) is 11.8 Å². The topological polar surface area (TPSA) is 101 Å². The van der Waals surface area contributed by atoms with Crippen molar-refractivity contribution in [3.05, 3.63) is 60.2 Å². The van der Waals surface area contributed by atoms with Crippen molar-refractivity contribution in [3.8, 4) is 0 Å². The number of nitrogens with zero attached hydrogens (tertiary/aromatic N) is 1. The SMILES string of the molecule is C[C@@](CCCN)(NC(=O)[C@@H](N)Cc1ccccc1)C(=O)N1c2ccccc2SC1S. The second-order valence-corrected chi connectivity index (χ2v) is 9.56. The largest absolute Gasteiger partial charge is 0.341 e. The molecular formula is C22H28N4O2S2. The van der Waals surface area contributed by atoms with E-state index < -0.39 is 11.6 Å². The maximum absolute atomic E-state index is 13.6. The molecule has 0 aliphatic carbocycles. The smallest absolute Gasteiger partial charge is 0.254 e. The summed E-state index contributed by atoms with van der Waals surface area (Å²) in [5.74, 6) is -0.573. The lowest BCUT2D eigenvalue weighted by atomic mass is 9.92. The van der Waals surface area contributed by atoms with Gasteiger partial charge in [-0.2, -0.15) is 0 Å². The Bertz CT molecular complexity index is 896. The Kier molecular flexibility index (Phi) is 7.46. The second kappa shape index (κ2) is 9.87. The summed E-state index contributed by atoms with van der Waals surface area (Å²) in [5, 5.41) is 2.92. The van der Waals surface area contributed by atoms with Gasteiger partial charge in [0.15, 0.2) is 0 Å². The molecule has 0 bridgehead atoms. The van der Waals surface area contributed by atoms with Crippen molar-refractivity contribution in [2.24, 2.45) is 11.5 Å². The van der Waals surface area contributed by atoms with Crippen LogP contribution in [0.3, 0.4) is 0 Å². The normalized spacial score (nSPS) is 18.4. The number of nitrogens with two attached hydrogens (primary N) is 2. The van der Waals surface area contributed by atoms with Gasteiger partial charge in [0.1, 0.15) is 10.2 Å². The number of para-hydroxylation sites is 1. The molecule has 30 heavy (non-hydrogen) atoms. The van der Waals surface area contributed by atoms with Crippen LogP contribution in [0.25, 0.3) is 0 Å². The van der Waals surface area contributed by atoms with Gasteiger partial charge in [0.25, 0.3) is 5.91 Å². The van der Waals surface area contributed by atoms with Crippen LogP contribution in [-0.2, 0) is 16.0 Å². The minimum absolute atomic E-state index is 0.214. The number of carbonyl (C=O) groups is 2. The molecule has 2 aromatic carbocycles. The fourth-order valence-electron chi connectivity index (χ4n) is 3.52. The molecule has 1 aliphatic heterocycles. The zero-order valence-corrected chi connectivity index (χ0v) is 18.7. The first-order valence-corrected chi connectivity index (χ1v) is 11.3. The highest BCUT2D eigenvalue weighted by Gasteiger charge is 2.43. The molecule has 2 aromatic rings. The van der Waals surface area contributed by atoms with E-state index >= 15 is 0 Å². The van der Waals surface area contributed by atoms with E-state index in [2.05, 4.69) is 17.9 Å². The third-order valence-corrected chi connectivity index (χ3v) is 6.75. The van der Waals surface area contributed by atoms with Gasteiger partial charge in [0.05, 0.1) is 11.7 Å². The Morgan fingerprint density at radius 2 is 1.87 bits per heavy atom. The molecule has 1 aliphatic rings. The minimum Gasteiger partial charge on any atom is -0.341 e. The number of thioether (sulfide) groups is 1. The zero-order valence-electron chi connectivity index (χ0n) is 17.0. The van der Waals surface area contributed by atoms with Gasteiger partial charge in [-0.25, -0.2) is 0 Å². The summed E-state index contributed by atoms with van der Waals surface area (Å²) in [6, 6.07) is 16.5. The van der Waals surface area contributed by atoms with E-state index in [1.54, 1.807) is 11.8 Å². The van der Waals surface area contributed by atoms with Crippen molar-refractivity contribution in [2.75, 3.05) is 11.4 Å². The number of nitrogens with one attached hydrogen (secondary N) is 1. The van der Waals surface area contributed by atoms with Gasteiger partial charge in [-0.1, -0.05) is 54.2 Å². The molecule has 160 valence electrons. The Hall–Kier alpha value is -2.00.